The monoisotopic (exact) mass is 240 g/mol. The van der Waals surface area contributed by atoms with Crippen LogP contribution in [0.2, 0.25) is 0 Å². The summed E-state index contributed by atoms with van der Waals surface area (Å²) in [5, 5.41) is 11.9. The van der Waals surface area contributed by atoms with E-state index in [1.807, 2.05) is 6.92 Å². The van der Waals surface area contributed by atoms with Crippen LogP contribution in [0.15, 0.2) is 0 Å². The zero-order valence-electron chi connectivity index (χ0n) is 10.4. The molecule has 2 N–H and O–H groups in total. The van der Waals surface area contributed by atoms with E-state index in [2.05, 4.69) is 12.2 Å². The number of carboxylic acids is 1. The molecule has 1 aliphatic heterocycles. The fourth-order valence-electron chi connectivity index (χ4n) is 2.25. The second-order valence-corrected chi connectivity index (χ2v) is 5.80. The molecule has 2 atom stereocenters. The summed E-state index contributed by atoms with van der Waals surface area (Å²) in [5.74, 6) is -1.19. The molecular weight excluding hydrogens is 220 g/mol. The first kappa shape index (κ1) is 12.2. The normalized spacial score (nSPS) is 30.1. The zero-order valence-corrected chi connectivity index (χ0v) is 10.4. The molecule has 5 heteroatoms. The fourth-order valence-corrected chi connectivity index (χ4v) is 2.25. The summed E-state index contributed by atoms with van der Waals surface area (Å²) in [6, 6.07) is -0.117. The van der Waals surface area contributed by atoms with Crippen molar-refractivity contribution in [2.45, 2.75) is 26.7 Å². The number of nitrogens with one attached hydrogen (secondary N) is 1. The van der Waals surface area contributed by atoms with Crippen molar-refractivity contribution in [2.75, 3.05) is 19.6 Å². The van der Waals surface area contributed by atoms with Gasteiger partial charge >= 0.3 is 12.0 Å². The van der Waals surface area contributed by atoms with Crippen LogP contribution >= 0.6 is 0 Å². The van der Waals surface area contributed by atoms with Crippen LogP contribution < -0.4 is 5.32 Å². The maximum absolute atomic E-state index is 11.9. The lowest BCUT2D eigenvalue weighted by molar-refractivity contribution is -0.142. The molecule has 5 nitrogen and oxygen atoms in total. The summed E-state index contributed by atoms with van der Waals surface area (Å²) in [4.78, 5) is 24.4. The van der Waals surface area contributed by atoms with Gasteiger partial charge in [-0.15, -0.1) is 0 Å². The Balaban J connectivity index is 1.82. The first-order valence-electron chi connectivity index (χ1n) is 6.17. The van der Waals surface area contributed by atoms with Gasteiger partial charge in [-0.2, -0.15) is 0 Å². The number of amides is 2. The van der Waals surface area contributed by atoms with Gasteiger partial charge in [0.2, 0.25) is 0 Å². The highest BCUT2D eigenvalue weighted by atomic mass is 16.4. The van der Waals surface area contributed by atoms with Crippen molar-refractivity contribution in [3.8, 4) is 0 Å². The van der Waals surface area contributed by atoms with Crippen LogP contribution in [0.5, 0.6) is 0 Å². The van der Waals surface area contributed by atoms with Gasteiger partial charge in [-0.1, -0.05) is 13.8 Å². The van der Waals surface area contributed by atoms with Crippen molar-refractivity contribution in [3.63, 3.8) is 0 Å². The van der Waals surface area contributed by atoms with Gasteiger partial charge in [-0.25, -0.2) is 4.79 Å². The second kappa shape index (κ2) is 4.20. The summed E-state index contributed by atoms with van der Waals surface area (Å²) in [6.45, 7) is 5.61. The van der Waals surface area contributed by atoms with Gasteiger partial charge in [0.15, 0.2) is 0 Å². The Morgan fingerprint density at radius 2 is 2.06 bits per heavy atom. The molecule has 1 heterocycles. The van der Waals surface area contributed by atoms with Crippen LogP contribution in [0.4, 0.5) is 4.79 Å². The van der Waals surface area contributed by atoms with E-state index in [9.17, 15) is 9.59 Å². The average Bonchev–Trinajstić information content (AvgIpc) is 2.85. The van der Waals surface area contributed by atoms with Crippen molar-refractivity contribution in [2.24, 2.45) is 17.3 Å². The Kier molecular flexibility index (Phi) is 3.02. The highest BCUT2D eigenvalue weighted by Crippen LogP contribution is 2.44. The average molecular weight is 240 g/mol. The van der Waals surface area contributed by atoms with Crippen molar-refractivity contribution in [1.82, 2.24) is 10.2 Å². The van der Waals surface area contributed by atoms with Crippen LogP contribution in [0, 0.1) is 17.3 Å². The maximum Gasteiger partial charge on any atom is 0.317 e. The first-order valence-corrected chi connectivity index (χ1v) is 6.17. The van der Waals surface area contributed by atoms with E-state index in [1.165, 1.54) is 12.8 Å². The van der Waals surface area contributed by atoms with Crippen LogP contribution in [-0.2, 0) is 4.79 Å². The van der Waals surface area contributed by atoms with Crippen LogP contribution in [0.3, 0.4) is 0 Å². The van der Waals surface area contributed by atoms with E-state index in [0.29, 0.717) is 19.6 Å². The molecule has 0 aromatic rings. The SMILES string of the molecule is CC1CN(C(=O)NCC2(C)CC2)CC1C(=O)O. The van der Waals surface area contributed by atoms with Gasteiger partial charge in [-0.3, -0.25) is 4.79 Å². The Morgan fingerprint density at radius 3 is 2.53 bits per heavy atom. The minimum Gasteiger partial charge on any atom is -0.481 e. The van der Waals surface area contributed by atoms with E-state index >= 15 is 0 Å². The molecule has 0 bridgehead atoms. The van der Waals surface area contributed by atoms with Crippen LogP contribution in [0.1, 0.15) is 26.7 Å². The minimum atomic E-state index is -0.804. The number of carbonyl (C=O) groups excluding carboxylic acids is 1. The third-order valence-corrected chi connectivity index (χ3v) is 3.99. The number of urea groups is 1. The molecule has 0 aromatic carbocycles. The molecule has 1 saturated carbocycles. The molecule has 1 aliphatic carbocycles. The fraction of sp³-hybridized carbons (Fsp3) is 0.833. The van der Waals surface area contributed by atoms with Gasteiger partial charge in [0.05, 0.1) is 5.92 Å². The lowest BCUT2D eigenvalue weighted by Crippen LogP contribution is -2.41. The van der Waals surface area contributed by atoms with Crippen LogP contribution in [-0.4, -0.2) is 41.6 Å². The van der Waals surface area contributed by atoms with E-state index in [1.54, 1.807) is 4.90 Å². The van der Waals surface area contributed by atoms with Crippen molar-refractivity contribution in [1.29, 1.82) is 0 Å². The van der Waals surface area contributed by atoms with Gasteiger partial charge in [0, 0.05) is 19.6 Å². The van der Waals surface area contributed by atoms with E-state index in [-0.39, 0.29) is 17.4 Å². The molecule has 0 spiro atoms. The first-order chi connectivity index (χ1) is 7.91. The second-order valence-electron chi connectivity index (χ2n) is 5.80. The van der Waals surface area contributed by atoms with Gasteiger partial charge in [0.1, 0.15) is 0 Å². The molecule has 0 radical (unpaired) electrons. The number of likely N-dealkylation sites (tertiary alicyclic amines) is 1. The zero-order chi connectivity index (χ0) is 12.6. The van der Waals surface area contributed by atoms with Crippen molar-refractivity contribution < 1.29 is 14.7 Å². The lowest BCUT2D eigenvalue weighted by atomic mass is 9.99. The molecule has 2 unspecified atom stereocenters. The van der Waals surface area contributed by atoms with Crippen molar-refractivity contribution in [3.05, 3.63) is 0 Å². The van der Waals surface area contributed by atoms with Gasteiger partial charge in [-0.05, 0) is 24.2 Å². The summed E-state index contributed by atoms with van der Waals surface area (Å²) < 4.78 is 0. The summed E-state index contributed by atoms with van der Waals surface area (Å²) in [6.07, 6.45) is 2.34. The van der Waals surface area contributed by atoms with E-state index in [4.69, 9.17) is 5.11 Å². The molecular formula is C12H20N2O3. The summed E-state index contributed by atoms with van der Waals surface area (Å²) >= 11 is 0. The Bertz CT molecular complexity index is 339. The molecule has 17 heavy (non-hydrogen) atoms. The van der Waals surface area contributed by atoms with E-state index < -0.39 is 11.9 Å². The summed E-state index contributed by atoms with van der Waals surface area (Å²) in [7, 11) is 0. The number of nitrogens with zero attached hydrogens (tertiary/aromatic N) is 1. The highest BCUT2D eigenvalue weighted by Gasteiger charge is 2.40. The summed E-state index contributed by atoms with van der Waals surface area (Å²) in [5.41, 5.74) is 0.285. The molecule has 2 aliphatic rings. The van der Waals surface area contributed by atoms with Gasteiger partial charge < -0.3 is 15.3 Å². The third-order valence-electron chi connectivity index (χ3n) is 3.99. The lowest BCUT2D eigenvalue weighted by Gasteiger charge is -2.18. The molecule has 2 rings (SSSR count). The molecule has 0 aromatic heterocycles. The Labute approximate surface area is 101 Å². The van der Waals surface area contributed by atoms with Crippen molar-refractivity contribution >= 4 is 12.0 Å². The number of hydrogen-bond donors (Lipinski definition) is 2. The molecule has 2 amide bonds. The maximum atomic E-state index is 11.9. The topological polar surface area (TPSA) is 69.6 Å². The standard InChI is InChI=1S/C12H20N2O3/c1-8-5-14(6-9(8)10(15)16)11(17)13-7-12(2)3-4-12/h8-9H,3-7H2,1-2H3,(H,13,17)(H,15,16). The predicted octanol–water partition coefficient (Wildman–Crippen LogP) is 1.15. The third kappa shape index (κ3) is 2.70. The minimum absolute atomic E-state index is 0.0368. The number of rotatable bonds is 3. The largest absolute Gasteiger partial charge is 0.481 e. The Hall–Kier alpha value is -1.26. The molecule has 2 fully saturated rings. The Morgan fingerprint density at radius 1 is 1.41 bits per heavy atom. The molecule has 96 valence electrons. The molecule has 1 saturated heterocycles. The van der Waals surface area contributed by atoms with E-state index in [0.717, 1.165) is 0 Å². The van der Waals surface area contributed by atoms with Gasteiger partial charge in [0.25, 0.3) is 0 Å². The predicted molar refractivity (Wildman–Crippen MR) is 62.6 cm³/mol. The van der Waals surface area contributed by atoms with Crippen LogP contribution in [0.25, 0.3) is 0 Å². The highest BCUT2D eigenvalue weighted by molar-refractivity contribution is 5.77. The number of hydrogen-bond acceptors (Lipinski definition) is 2. The smallest absolute Gasteiger partial charge is 0.317 e. The number of aliphatic carboxylic acids is 1. The quantitative estimate of drug-likeness (QED) is 0.777. The number of carboxylic acid groups (broad SMARTS) is 1. The number of carbonyl (C=O) groups is 2.